The third-order valence-electron chi connectivity index (χ3n) is 2.65. The van der Waals surface area contributed by atoms with Gasteiger partial charge < -0.3 is 4.81 Å². The van der Waals surface area contributed by atoms with Crippen LogP contribution in [0.25, 0.3) is 0 Å². The molecule has 0 N–H and O–H groups in total. The number of rotatable bonds is 7. The van der Waals surface area contributed by atoms with E-state index in [2.05, 4.69) is 22.7 Å². The van der Waals surface area contributed by atoms with E-state index in [1.807, 2.05) is 30.3 Å². The Bertz CT molecular complexity index is 331. The second-order valence-electron chi connectivity index (χ2n) is 4.02. The van der Waals surface area contributed by atoms with Crippen molar-refractivity contribution in [3.8, 4) is 0 Å². The summed E-state index contributed by atoms with van der Waals surface area (Å²) in [5.74, 6) is 0.0546. The molecule has 0 atom stereocenters. The number of halogens is 1. The van der Waals surface area contributed by atoms with Gasteiger partial charge in [0.25, 0.3) is 0 Å². The number of nitrogens with zero attached hydrogens (tertiary/aromatic N) is 1. The van der Waals surface area contributed by atoms with Gasteiger partial charge in [-0.25, -0.2) is 0 Å². The highest BCUT2D eigenvalue weighted by Gasteiger charge is 2.14. The van der Waals surface area contributed by atoms with Crippen molar-refractivity contribution in [1.82, 2.24) is 4.81 Å². The fraction of sp³-hybridized carbons (Fsp3) is 0.462. The maximum atomic E-state index is 12.1. The molecule has 0 unspecified atom stereocenters. The highest BCUT2D eigenvalue weighted by molar-refractivity contribution is 9.23. The van der Waals surface area contributed by atoms with Crippen molar-refractivity contribution in [3.05, 3.63) is 35.9 Å². The Hall–Kier alpha value is -0.765. The van der Waals surface area contributed by atoms with Crippen molar-refractivity contribution in [1.29, 1.82) is 0 Å². The molecular formula is C13H18BBrNO. The van der Waals surface area contributed by atoms with E-state index >= 15 is 0 Å². The number of hydrogen-bond acceptors (Lipinski definition) is 1. The molecule has 0 aliphatic heterocycles. The first-order valence-electron chi connectivity index (χ1n) is 6.09. The lowest BCUT2D eigenvalue weighted by molar-refractivity contribution is 0.0860. The van der Waals surface area contributed by atoms with Crippen LogP contribution in [0, 0.1) is 0 Å². The van der Waals surface area contributed by atoms with Crippen LogP contribution in [0.3, 0.4) is 0 Å². The molecule has 0 heterocycles. The molecule has 0 saturated heterocycles. The lowest BCUT2D eigenvalue weighted by Crippen LogP contribution is -2.32. The average Bonchev–Trinajstić information content (AvgIpc) is 2.39. The van der Waals surface area contributed by atoms with Crippen LogP contribution in [0.15, 0.2) is 30.3 Å². The summed E-state index contributed by atoms with van der Waals surface area (Å²) in [6, 6.07) is 9.38. The minimum atomic E-state index is 0.0546. The lowest BCUT2D eigenvalue weighted by atomic mass is 10.1. The van der Waals surface area contributed by atoms with Crippen molar-refractivity contribution >= 4 is 27.9 Å². The van der Waals surface area contributed by atoms with Crippen molar-refractivity contribution in [2.24, 2.45) is 0 Å². The van der Waals surface area contributed by atoms with Crippen LogP contribution in [-0.2, 0) is 0 Å². The fourth-order valence-electron chi connectivity index (χ4n) is 1.65. The summed E-state index contributed by atoms with van der Waals surface area (Å²) in [4.78, 5) is 13.8. The zero-order chi connectivity index (χ0) is 12.5. The molecule has 0 aromatic heterocycles. The standard InChI is InChI=1S/C13H18BBrNO/c1-2-3-4-8-11-16(14-15)13(17)12-9-6-5-7-10-12/h5-7,9-10H,2-4,8,11H2,1H3. The molecule has 1 rings (SSSR count). The van der Waals surface area contributed by atoms with Gasteiger partial charge in [0, 0.05) is 12.1 Å². The van der Waals surface area contributed by atoms with Gasteiger partial charge >= 0.3 is 6.24 Å². The molecule has 91 valence electrons. The first-order valence-corrected chi connectivity index (χ1v) is 7.00. The smallest absolute Gasteiger partial charge is 0.339 e. The van der Waals surface area contributed by atoms with E-state index in [4.69, 9.17) is 0 Å². The zero-order valence-corrected chi connectivity index (χ0v) is 11.8. The van der Waals surface area contributed by atoms with Crippen LogP contribution in [-0.4, -0.2) is 23.5 Å². The van der Waals surface area contributed by atoms with E-state index in [0.29, 0.717) is 0 Å². The molecule has 2 nitrogen and oxygen atoms in total. The lowest BCUT2D eigenvalue weighted by Gasteiger charge is -2.19. The molecule has 4 heteroatoms. The zero-order valence-electron chi connectivity index (χ0n) is 10.2. The fourth-order valence-corrected chi connectivity index (χ4v) is 2.04. The van der Waals surface area contributed by atoms with Crippen LogP contribution in [0.1, 0.15) is 43.0 Å². The summed E-state index contributed by atoms with van der Waals surface area (Å²) in [6.45, 7) is 2.96. The van der Waals surface area contributed by atoms with E-state index < -0.39 is 0 Å². The minimum Gasteiger partial charge on any atom is -0.375 e. The summed E-state index contributed by atoms with van der Waals surface area (Å²) >= 11 is 3.26. The quantitative estimate of drug-likeness (QED) is 0.555. The topological polar surface area (TPSA) is 20.3 Å². The Morgan fingerprint density at radius 2 is 1.94 bits per heavy atom. The van der Waals surface area contributed by atoms with E-state index in [9.17, 15) is 4.79 Å². The normalized spacial score (nSPS) is 10.0. The maximum Gasteiger partial charge on any atom is 0.339 e. The molecule has 0 spiro atoms. The summed E-state index contributed by atoms with van der Waals surface area (Å²) in [5, 5.41) is 0. The predicted octanol–water partition coefficient (Wildman–Crippen LogP) is 3.64. The first kappa shape index (κ1) is 14.3. The number of unbranched alkanes of at least 4 members (excludes halogenated alkanes) is 3. The highest BCUT2D eigenvalue weighted by Crippen LogP contribution is 2.08. The molecular weight excluding hydrogens is 277 g/mol. The SMILES string of the molecule is CCCCCCN([B]Br)C(=O)c1ccccc1. The Balaban J connectivity index is 2.47. The maximum absolute atomic E-state index is 12.1. The van der Waals surface area contributed by atoms with Crippen molar-refractivity contribution in [3.63, 3.8) is 0 Å². The van der Waals surface area contributed by atoms with Crippen LogP contribution in [0.2, 0.25) is 0 Å². The Morgan fingerprint density at radius 3 is 2.53 bits per heavy atom. The highest BCUT2D eigenvalue weighted by atomic mass is 79.9. The largest absolute Gasteiger partial charge is 0.375 e. The minimum absolute atomic E-state index is 0.0546. The summed E-state index contributed by atoms with van der Waals surface area (Å²) in [7, 11) is 0. The van der Waals surface area contributed by atoms with E-state index in [1.54, 1.807) is 11.0 Å². The number of benzene rings is 1. The van der Waals surface area contributed by atoms with E-state index in [0.717, 1.165) is 18.5 Å². The van der Waals surface area contributed by atoms with Crippen LogP contribution < -0.4 is 0 Å². The third kappa shape index (κ3) is 4.94. The van der Waals surface area contributed by atoms with Gasteiger partial charge in [0.2, 0.25) is 5.91 Å². The van der Waals surface area contributed by atoms with Gasteiger partial charge in [0.05, 0.1) is 0 Å². The number of hydrogen-bond donors (Lipinski definition) is 0. The van der Waals surface area contributed by atoms with E-state index in [-0.39, 0.29) is 5.91 Å². The molecule has 0 saturated carbocycles. The Morgan fingerprint density at radius 1 is 1.24 bits per heavy atom. The summed E-state index contributed by atoms with van der Waals surface area (Å²) in [5.41, 5.74) is 0.735. The van der Waals surface area contributed by atoms with Gasteiger partial charge in [-0.3, -0.25) is 4.79 Å². The predicted molar refractivity (Wildman–Crippen MR) is 76.3 cm³/mol. The molecule has 0 aliphatic carbocycles. The number of carbonyl (C=O) groups excluding carboxylic acids is 1. The Labute approximate surface area is 113 Å². The number of carbonyl (C=O) groups is 1. The summed E-state index contributed by atoms with van der Waals surface area (Å²) in [6.07, 6.45) is 6.36. The molecule has 17 heavy (non-hydrogen) atoms. The van der Waals surface area contributed by atoms with Crippen molar-refractivity contribution in [2.75, 3.05) is 6.54 Å². The van der Waals surface area contributed by atoms with Crippen LogP contribution >= 0.6 is 15.8 Å². The average molecular weight is 295 g/mol. The summed E-state index contributed by atoms with van der Waals surface area (Å²) < 4.78 is 0. The second-order valence-corrected chi connectivity index (χ2v) is 4.43. The van der Waals surface area contributed by atoms with Gasteiger partial charge in [0.15, 0.2) is 0 Å². The van der Waals surface area contributed by atoms with Crippen LogP contribution in [0.4, 0.5) is 0 Å². The first-order chi connectivity index (χ1) is 8.29. The monoisotopic (exact) mass is 294 g/mol. The van der Waals surface area contributed by atoms with Gasteiger partial charge in [0.1, 0.15) is 0 Å². The molecule has 1 aromatic carbocycles. The van der Waals surface area contributed by atoms with E-state index in [1.165, 1.54) is 19.3 Å². The molecule has 0 bridgehead atoms. The van der Waals surface area contributed by atoms with Gasteiger partial charge in [-0.2, -0.15) is 0 Å². The molecule has 0 aliphatic rings. The Kier molecular flexibility index (Phi) is 7.02. The van der Waals surface area contributed by atoms with Gasteiger partial charge in [-0.1, -0.05) is 44.4 Å². The third-order valence-corrected chi connectivity index (χ3v) is 3.15. The second kappa shape index (κ2) is 8.34. The van der Waals surface area contributed by atoms with Gasteiger partial charge in [-0.15, -0.1) is 15.8 Å². The van der Waals surface area contributed by atoms with Crippen molar-refractivity contribution in [2.45, 2.75) is 32.6 Å². The molecule has 0 fully saturated rings. The van der Waals surface area contributed by atoms with Gasteiger partial charge in [-0.05, 0) is 18.6 Å². The van der Waals surface area contributed by atoms with Crippen LogP contribution in [0.5, 0.6) is 0 Å². The molecule has 1 radical (unpaired) electrons. The number of amides is 1. The molecule has 1 aromatic rings. The van der Waals surface area contributed by atoms with Crippen molar-refractivity contribution < 1.29 is 4.79 Å². The molecule has 1 amide bonds.